The number of nitrogens with two attached hydrogens (primary N) is 2. The van der Waals surface area contributed by atoms with Gasteiger partial charge in [-0.3, -0.25) is 20.2 Å². The Hall–Kier alpha value is -3.52. The summed E-state index contributed by atoms with van der Waals surface area (Å²) in [5.74, 6) is 10.00. The normalized spacial score (nSPS) is 12.0. The maximum atomic E-state index is 12.0. The second kappa shape index (κ2) is 8.92. The fraction of sp³-hybridized carbons (Fsp3) is 0.143. The van der Waals surface area contributed by atoms with Gasteiger partial charge in [0.2, 0.25) is 12.4 Å². The van der Waals surface area contributed by atoms with E-state index < -0.39 is 21.7 Å². The highest BCUT2D eigenvalue weighted by Crippen LogP contribution is 2.23. The molecule has 0 unspecified atom stereocenters. The summed E-state index contributed by atoms with van der Waals surface area (Å²) in [6.45, 7) is 0. The summed E-state index contributed by atoms with van der Waals surface area (Å²) >= 11 is 1.69. The molecular formula is C14H14N6O6S2+2. The average molecular weight is 426 g/mol. The van der Waals surface area contributed by atoms with E-state index in [1.165, 1.54) is 36.7 Å². The van der Waals surface area contributed by atoms with Gasteiger partial charge in [0.15, 0.2) is 0 Å². The molecule has 14 heteroatoms. The van der Waals surface area contributed by atoms with E-state index in [4.69, 9.17) is 11.7 Å². The highest BCUT2D eigenvalue weighted by atomic mass is 32.1. The standard InChI is InChI=1S/C14H14N6O6S2/c15-17(7-9-1-5-13(27-9)19(23)24)11(21)3-4-12(22)18(16)8-10-2-6-14(28-10)20(25)26/h1-2,5-8H,3-4,15-16H2/q+2/b17-7+,18-8+. The van der Waals surface area contributed by atoms with Crippen LogP contribution in [0.5, 0.6) is 0 Å². The van der Waals surface area contributed by atoms with Crippen molar-refractivity contribution in [2.24, 2.45) is 11.7 Å². The number of thiophene rings is 2. The minimum Gasteiger partial charge on any atom is -0.258 e. The fourth-order valence-electron chi connectivity index (χ4n) is 1.91. The third kappa shape index (κ3) is 5.49. The monoisotopic (exact) mass is 426 g/mol. The van der Waals surface area contributed by atoms with Gasteiger partial charge in [-0.25, -0.2) is 21.3 Å². The van der Waals surface area contributed by atoms with Crippen LogP contribution >= 0.6 is 22.7 Å². The van der Waals surface area contributed by atoms with Gasteiger partial charge < -0.3 is 0 Å². The highest BCUT2D eigenvalue weighted by Gasteiger charge is 2.23. The highest BCUT2D eigenvalue weighted by molar-refractivity contribution is 7.17. The van der Waals surface area contributed by atoms with Crippen LogP contribution in [0.2, 0.25) is 0 Å². The summed E-state index contributed by atoms with van der Waals surface area (Å²) in [5, 5.41) is 21.1. The molecule has 0 atom stereocenters. The molecule has 2 rings (SSSR count). The SMILES string of the molecule is N/[N+](=C/c1ccc([N+](=O)[O-])s1)C(=O)CCC(=O)/[N+](N)=C\c1ccc([N+](=O)[O-])s1. The number of hydrogen-bond donors (Lipinski definition) is 2. The maximum absolute atomic E-state index is 12.0. The van der Waals surface area contributed by atoms with Gasteiger partial charge in [-0.05, 0) is 12.1 Å². The molecule has 0 spiro atoms. The van der Waals surface area contributed by atoms with Gasteiger partial charge in [-0.2, -0.15) is 0 Å². The zero-order valence-corrected chi connectivity index (χ0v) is 15.7. The Bertz CT molecular complexity index is 927. The van der Waals surface area contributed by atoms with Crippen molar-refractivity contribution in [3.05, 3.63) is 54.2 Å². The van der Waals surface area contributed by atoms with Crippen molar-refractivity contribution in [2.75, 3.05) is 0 Å². The molecule has 0 saturated carbocycles. The molecule has 0 radical (unpaired) electrons. The molecule has 12 nitrogen and oxygen atoms in total. The van der Waals surface area contributed by atoms with Crippen LogP contribution in [0, 0.1) is 20.2 Å². The van der Waals surface area contributed by atoms with Gasteiger partial charge in [0.1, 0.15) is 9.75 Å². The summed E-state index contributed by atoms with van der Waals surface area (Å²) in [4.78, 5) is 45.0. The van der Waals surface area contributed by atoms with E-state index in [0.29, 0.717) is 9.75 Å². The molecular weight excluding hydrogens is 412 g/mol. The molecule has 0 saturated heterocycles. The Morgan fingerprint density at radius 2 is 1.18 bits per heavy atom. The summed E-state index contributed by atoms with van der Waals surface area (Å²) in [6.07, 6.45) is 1.96. The van der Waals surface area contributed by atoms with Crippen molar-refractivity contribution in [1.29, 1.82) is 0 Å². The number of carbonyl (C=O) groups is 2. The molecule has 2 aromatic heterocycles. The minimum absolute atomic E-state index is 0.0922. The van der Waals surface area contributed by atoms with E-state index in [1.54, 1.807) is 0 Å². The first kappa shape index (κ1) is 20.8. The van der Waals surface area contributed by atoms with Crippen LogP contribution in [-0.2, 0) is 9.59 Å². The van der Waals surface area contributed by atoms with Gasteiger partial charge in [-0.15, -0.1) is 0 Å². The van der Waals surface area contributed by atoms with Crippen LogP contribution in [0.4, 0.5) is 10.0 Å². The lowest BCUT2D eigenvalue weighted by atomic mass is 10.3. The Morgan fingerprint density at radius 1 is 0.821 bits per heavy atom. The van der Waals surface area contributed by atoms with Crippen LogP contribution in [0.15, 0.2) is 24.3 Å². The van der Waals surface area contributed by atoms with Crippen molar-refractivity contribution < 1.29 is 28.8 Å². The van der Waals surface area contributed by atoms with Crippen molar-refractivity contribution in [1.82, 2.24) is 0 Å². The van der Waals surface area contributed by atoms with Gasteiger partial charge >= 0.3 is 21.8 Å². The molecule has 0 fully saturated rings. The van der Waals surface area contributed by atoms with E-state index in [2.05, 4.69) is 0 Å². The van der Waals surface area contributed by atoms with Gasteiger partial charge in [0.05, 0.1) is 22.7 Å². The first-order chi connectivity index (χ1) is 13.2. The van der Waals surface area contributed by atoms with Crippen molar-refractivity contribution in [2.45, 2.75) is 12.8 Å². The number of nitro groups is 2. The van der Waals surface area contributed by atoms with Gasteiger partial charge in [0, 0.05) is 12.1 Å². The molecule has 2 amide bonds. The molecule has 0 aliphatic heterocycles. The molecule has 146 valence electrons. The largest absolute Gasteiger partial charge is 0.415 e. The third-order valence-electron chi connectivity index (χ3n) is 3.25. The number of carbonyl (C=O) groups excluding carboxylic acids is 2. The molecule has 0 aliphatic carbocycles. The molecule has 0 aromatic carbocycles. The zero-order valence-electron chi connectivity index (χ0n) is 14.1. The molecule has 0 bridgehead atoms. The van der Waals surface area contributed by atoms with Crippen LogP contribution in [0.25, 0.3) is 0 Å². The quantitative estimate of drug-likeness (QED) is 0.163. The van der Waals surface area contributed by atoms with Crippen molar-refractivity contribution >= 4 is 56.9 Å². The number of hydrazine groups is 2. The topological polar surface area (TPSA) is 178 Å². The first-order valence-electron chi connectivity index (χ1n) is 7.49. The lowest BCUT2D eigenvalue weighted by molar-refractivity contribution is -0.461. The van der Waals surface area contributed by atoms with E-state index in [1.807, 2.05) is 0 Å². The van der Waals surface area contributed by atoms with E-state index in [-0.39, 0.29) is 22.8 Å². The molecule has 0 aliphatic rings. The zero-order chi connectivity index (χ0) is 20.8. The van der Waals surface area contributed by atoms with E-state index >= 15 is 0 Å². The number of rotatable bonds is 7. The molecule has 4 N–H and O–H groups in total. The first-order valence-corrected chi connectivity index (χ1v) is 9.12. The predicted molar refractivity (Wildman–Crippen MR) is 100 cm³/mol. The molecule has 2 aromatic rings. The summed E-state index contributed by atoms with van der Waals surface area (Å²) in [6, 6.07) is 5.46. The molecule has 28 heavy (non-hydrogen) atoms. The van der Waals surface area contributed by atoms with Gasteiger partial charge in [0.25, 0.3) is 0 Å². The van der Waals surface area contributed by atoms with Crippen LogP contribution in [0.3, 0.4) is 0 Å². The van der Waals surface area contributed by atoms with Crippen molar-refractivity contribution in [3.8, 4) is 0 Å². The van der Waals surface area contributed by atoms with E-state index in [0.717, 1.165) is 32.0 Å². The summed E-state index contributed by atoms with van der Waals surface area (Å²) in [5.41, 5.74) is 0. The smallest absolute Gasteiger partial charge is 0.258 e. The maximum Gasteiger partial charge on any atom is 0.415 e. The van der Waals surface area contributed by atoms with Crippen LogP contribution < -0.4 is 11.7 Å². The lowest BCUT2D eigenvalue weighted by Crippen LogP contribution is -2.32. The van der Waals surface area contributed by atoms with Crippen LogP contribution in [-0.4, -0.2) is 43.5 Å². The van der Waals surface area contributed by atoms with Crippen molar-refractivity contribution in [3.63, 3.8) is 0 Å². The Morgan fingerprint density at radius 3 is 1.46 bits per heavy atom. The second-order valence-corrected chi connectivity index (χ2v) is 7.41. The Labute approximate surface area is 164 Å². The Balaban J connectivity index is 1.95. The summed E-state index contributed by atoms with van der Waals surface area (Å²) < 4.78 is 1.49. The second-order valence-electron chi connectivity index (χ2n) is 5.23. The number of hydrogen-bond acceptors (Lipinski definition) is 10. The lowest BCUT2D eigenvalue weighted by Gasteiger charge is -1.93. The number of nitrogens with zero attached hydrogens (tertiary/aromatic N) is 4. The number of hydrazone groups is 2. The third-order valence-corrected chi connectivity index (χ3v) is 5.19. The number of amides is 2. The molecule has 2 heterocycles. The van der Waals surface area contributed by atoms with Gasteiger partial charge in [-0.1, -0.05) is 32.0 Å². The van der Waals surface area contributed by atoms with E-state index in [9.17, 15) is 29.8 Å². The Kier molecular flexibility index (Phi) is 6.62. The average Bonchev–Trinajstić information content (AvgIpc) is 3.28. The predicted octanol–water partition coefficient (Wildman–Crippen LogP) is 0.770. The minimum atomic E-state index is -0.593. The van der Waals surface area contributed by atoms with Crippen LogP contribution in [0.1, 0.15) is 22.6 Å². The fourth-order valence-corrected chi connectivity index (χ4v) is 3.42. The summed E-state index contributed by atoms with van der Waals surface area (Å²) in [7, 11) is 0.